The number of urea groups is 1. The van der Waals surface area contributed by atoms with Crippen LogP contribution in [0.3, 0.4) is 0 Å². The summed E-state index contributed by atoms with van der Waals surface area (Å²) in [6.45, 7) is 8.80. The maximum atomic E-state index is 14.7. The first-order chi connectivity index (χ1) is 17.3. The smallest absolute Gasteiger partial charge is 0.323 e. The lowest BCUT2D eigenvalue weighted by Gasteiger charge is -2.23. The van der Waals surface area contributed by atoms with Crippen LogP contribution in [0.15, 0.2) is 60.8 Å². The number of benzene rings is 2. The predicted molar refractivity (Wildman–Crippen MR) is 140 cm³/mol. The van der Waals surface area contributed by atoms with Gasteiger partial charge in [0.25, 0.3) is 0 Å². The minimum absolute atomic E-state index is 0.0474. The van der Waals surface area contributed by atoms with Crippen molar-refractivity contribution in [1.29, 1.82) is 0 Å². The van der Waals surface area contributed by atoms with Crippen molar-refractivity contribution in [2.45, 2.75) is 39.0 Å². The van der Waals surface area contributed by atoms with Gasteiger partial charge in [-0.2, -0.15) is 0 Å². The number of amides is 2. The number of nitrogens with zero attached hydrogens (tertiary/aromatic N) is 1. The molecule has 1 aromatic heterocycles. The average molecular weight is 493 g/mol. The highest BCUT2D eigenvalue weighted by molar-refractivity contribution is 6.00. The van der Waals surface area contributed by atoms with Gasteiger partial charge in [0.15, 0.2) is 0 Å². The van der Waals surface area contributed by atoms with Crippen molar-refractivity contribution in [3.05, 3.63) is 72.2 Å². The Morgan fingerprint density at radius 2 is 1.81 bits per heavy atom. The lowest BCUT2D eigenvalue weighted by molar-refractivity contribution is 0.214. The van der Waals surface area contributed by atoms with Gasteiger partial charge in [-0.05, 0) is 67.6 Å². The molecule has 8 heteroatoms. The van der Waals surface area contributed by atoms with Crippen LogP contribution in [0.4, 0.5) is 20.6 Å². The molecule has 0 bridgehead atoms. The summed E-state index contributed by atoms with van der Waals surface area (Å²) in [6, 6.07) is 14.9. The molecule has 2 amide bonds. The van der Waals surface area contributed by atoms with E-state index in [1.54, 1.807) is 24.4 Å². The zero-order chi connectivity index (χ0) is 25.5. The number of hydrogen-bond acceptors (Lipinski definition) is 5. The standard InChI is InChI=1S/C28H33FN4O3/c1-28(2,3)21-7-4-5-9-25(21)36-26-24(8-6-14-31-26)33-27(34)32-23-11-10-20(17-22(23)29)35-18-19-12-15-30-16-13-19/h4-11,14,17,19,30H,12-13,15-16,18H2,1-3H3,(H2,32,33,34). The van der Waals surface area contributed by atoms with Crippen LogP contribution in [-0.2, 0) is 5.41 Å². The molecule has 190 valence electrons. The summed E-state index contributed by atoms with van der Waals surface area (Å²) >= 11 is 0. The lowest BCUT2D eigenvalue weighted by atomic mass is 9.86. The number of para-hydroxylation sites is 1. The molecule has 1 aliphatic rings. The quantitative estimate of drug-likeness (QED) is 0.359. The number of pyridine rings is 1. The topological polar surface area (TPSA) is 84.5 Å². The highest BCUT2D eigenvalue weighted by atomic mass is 19.1. The summed E-state index contributed by atoms with van der Waals surface area (Å²) in [5.74, 6) is 1.22. The van der Waals surface area contributed by atoms with E-state index in [0.29, 0.717) is 29.7 Å². The average Bonchev–Trinajstić information content (AvgIpc) is 2.86. The van der Waals surface area contributed by atoms with E-state index < -0.39 is 11.8 Å². The van der Waals surface area contributed by atoms with Crippen molar-refractivity contribution in [1.82, 2.24) is 10.3 Å². The Morgan fingerprint density at radius 1 is 1.06 bits per heavy atom. The van der Waals surface area contributed by atoms with Gasteiger partial charge in [0.1, 0.15) is 23.0 Å². The minimum Gasteiger partial charge on any atom is -0.493 e. The molecule has 0 radical (unpaired) electrons. The number of carbonyl (C=O) groups is 1. The number of ether oxygens (including phenoxy) is 2. The van der Waals surface area contributed by atoms with E-state index in [1.807, 2.05) is 24.3 Å². The van der Waals surface area contributed by atoms with Gasteiger partial charge in [-0.15, -0.1) is 0 Å². The van der Waals surface area contributed by atoms with E-state index in [0.717, 1.165) is 31.5 Å². The van der Waals surface area contributed by atoms with Gasteiger partial charge < -0.3 is 25.4 Å². The number of carbonyl (C=O) groups excluding carboxylic acids is 1. The Kier molecular flexibility index (Phi) is 8.05. The van der Waals surface area contributed by atoms with Crippen LogP contribution in [0.5, 0.6) is 17.4 Å². The molecule has 3 N–H and O–H groups in total. The lowest BCUT2D eigenvalue weighted by Crippen LogP contribution is -2.30. The summed E-state index contributed by atoms with van der Waals surface area (Å²) in [5.41, 5.74) is 1.28. The number of anilines is 2. The van der Waals surface area contributed by atoms with E-state index >= 15 is 0 Å². The van der Waals surface area contributed by atoms with Crippen LogP contribution in [0.25, 0.3) is 0 Å². The molecular formula is C28H33FN4O3. The minimum atomic E-state index is -0.612. The third kappa shape index (κ3) is 6.73. The normalized spacial score (nSPS) is 14.2. The van der Waals surface area contributed by atoms with Gasteiger partial charge in [0.2, 0.25) is 5.88 Å². The fourth-order valence-electron chi connectivity index (χ4n) is 4.07. The Morgan fingerprint density at radius 3 is 2.56 bits per heavy atom. The SMILES string of the molecule is CC(C)(C)c1ccccc1Oc1ncccc1NC(=O)Nc1ccc(OCC2CCNCC2)cc1F. The molecule has 1 aliphatic heterocycles. The Hall–Kier alpha value is -3.65. The van der Waals surface area contributed by atoms with E-state index in [9.17, 15) is 9.18 Å². The van der Waals surface area contributed by atoms with Crippen molar-refractivity contribution in [2.75, 3.05) is 30.3 Å². The van der Waals surface area contributed by atoms with Gasteiger partial charge in [0.05, 0.1) is 12.3 Å². The number of halogens is 1. The first kappa shape index (κ1) is 25.4. The second kappa shape index (κ2) is 11.4. The van der Waals surface area contributed by atoms with Crippen LogP contribution in [-0.4, -0.2) is 30.7 Å². The van der Waals surface area contributed by atoms with Crippen molar-refractivity contribution < 1.29 is 18.7 Å². The third-order valence-corrected chi connectivity index (χ3v) is 6.05. The summed E-state index contributed by atoms with van der Waals surface area (Å²) in [5, 5.41) is 8.57. The van der Waals surface area contributed by atoms with Crippen LogP contribution < -0.4 is 25.4 Å². The zero-order valence-corrected chi connectivity index (χ0v) is 20.9. The van der Waals surface area contributed by atoms with E-state index in [4.69, 9.17) is 9.47 Å². The molecule has 36 heavy (non-hydrogen) atoms. The number of piperidine rings is 1. The van der Waals surface area contributed by atoms with E-state index in [1.165, 1.54) is 12.1 Å². The highest BCUT2D eigenvalue weighted by Gasteiger charge is 2.20. The maximum Gasteiger partial charge on any atom is 0.323 e. The van der Waals surface area contributed by atoms with Crippen molar-refractivity contribution in [3.8, 4) is 17.4 Å². The van der Waals surface area contributed by atoms with Crippen LogP contribution in [0, 0.1) is 11.7 Å². The van der Waals surface area contributed by atoms with E-state index in [2.05, 4.69) is 41.7 Å². The van der Waals surface area contributed by atoms with Gasteiger partial charge in [-0.25, -0.2) is 14.2 Å². The van der Waals surface area contributed by atoms with Crippen molar-refractivity contribution in [3.63, 3.8) is 0 Å². The third-order valence-electron chi connectivity index (χ3n) is 6.05. The molecule has 7 nitrogen and oxygen atoms in total. The van der Waals surface area contributed by atoms with Crippen LogP contribution in [0.2, 0.25) is 0 Å². The van der Waals surface area contributed by atoms with Gasteiger partial charge in [0, 0.05) is 17.8 Å². The Balaban J connectivity index is 1.40. The number of rotatable bonds is 7. The second-order valence-electron chi connectivity index (χ2n) is 9.93. The fourth-order valence-corrected chi connectivity index (χ4v) is 4.07. The molecule has 1 saturated heterocycles. The summed E-state index contributed by atoms with van der Waals surface area (Å²) in [6.07, 6.45) is 3.68. The van der Waals surface area contributed by atoms with Crippen molar-refractivity contribution >= 4 is 17.4 Å². The van der Waals surface area contributed by atoms with Crippen molar-refractivity contribution in [2.24, 2.45) is 5.92 Å². The molecule has 1 fully saturated rings. The van der Waals surface area contributed by atoms with Gasteiger partial charge >= 0.3 is 6.03 Å². The monoisotopic (exact) mass is 492 g/mol. The largest absolute Gasteiger partial charge is 0.493 e. The van der Waals surface area contributed by atoms with Crippen LogP contribution >= 0.6 is 0 Å². The molecule has 4 rings (SSSR count). The molecule has 0 atom stereocenters. The Labute approximate surface area is 211 Å². The molecule has 2 heterocycles. The molecule has 0 aliphatic carbocycles. The van der Waals surface area contributed by atoms with E-state index in [-0.39, 0.29) is 17.0 Å². The van der Waals surface area contributed by atoms with Gasteiger partial charge in [-0.3, -0.25) is 0 Å². The Bertz CT molecular complexity index is 1190. The zero-order valence-electron chi connectivity index (χ0n) is 20.9. The second-order valence-corrected chi connectivity index (χ2v) is 9.93. The number of nitrogens with one attached hydrogen (secondary N) is 3. The maximum absolute atomic E-state index is 14.7. The molecule has 0 unspecified atom stereocenters. The molecule has 3 aromatic rings. The van der Waals surface area contributed by atoms with Gasteiger partial charge in [-0.1, -0.05) is 39.0 Å². The first-order valence-corrected chi connectivity index (χ1v) is 12.2. The predicted octanol–water partition coefficient (Wildman–Crippen LogP) is 6.33. The summed E-state index contributed by atoms with van der Waals surface area (Å²) in [4.78, 5) is 17.0. The summed E-state index contributed by atoms with van der Waals surface area (Å²) in [7, 11) is 0. The number of hydrogen-bond donors (Lipinski definition) is 3. The summed E-state index contributed by atoms with van der Waals surface area (Å²) < 4.78 is 26.5. The molecule has 0 saturated carbocycles. The highest BCUT2D eigenvalue weighted by Crippen LogP contribution is 2.35. The first-order valence-electron chi connectivity index (χ1n) is 12.2. The molecule has 0 spiro atoms. The molecule has 2 aromatic carbocycles. The fraction of sp³-hybridized carbons (Fsp3) is 0.357. The molecular weight excluding hydrogens is 459 g/mol. The van der Waals surface area contributed by atoms with Crippen LogP contribution in [0.1, 0.15) is 39.2 Å². The number of aromatic nitrogens is 1.